The Morgan fingerprint density at radius 2 is 1.76 bits per heavy atom. The Kier molecular flexibility index (Phi) is 4.17. The number of nitrogens with one attached hydrogen (secondary N) is 1. The number of fused-ring (bicyclic) bond motifs is 2. The molecule has 0 fully saturated rings. The van der Waals surface area contributed by atoms with Crippen molar-refractivity contribution in [2.24, 2.45) is 0 Å². The second kappa shape index (κ2) is 6.99. The molecule has 4 heteroatoms. The lowest BCUT2D eigenvalue weighted by Gasteiger charge is -2.07. The predicted molar refractivity (Wildman–Crippen MR) is 117 cm³/mol. The number of aromatic hydroxyl groups is 1. The Hall–Kier alpha value is -3.79. The molecule has 142 valence electrons. The normalized spacial score (nSPS) is 11.2. The van der Waals surface area contributed by atoms with E-state index in [2.05, 4.69) is 17.1 Å². The molecule has 3 aromatic carbocycles. The van der Waals surface area contributed by atoms with Crippen LogP contribution in [0.3, 0.4) is 0 Å². The van der Waals surface area contributed by atoms with E-state index in [0.717, 1.165) is 44.4 Å². The molecular formula is C25H20N2O2. The van der Waals surface area contributed by atoms with Crippen LogP contribution < -0.4 is 4.74 Å². The number of rotatable bonds is 4. The van der Waals surface area contributed by atoms with Gasteiger partial charge in [0.2, 0.25) is 0 Å². The number of aromatic amines is 1. The monoisotopic (exact) mass is 380 g/mol. The fourth-order valence-electron chi connectivity index (χ4n) is 3.75. The van der Waals surface area contributed by atoms with Gasteiger partial charge in [-0.25, -0.2) is 4.98 Å². The molecule has 0 amide bonds. The Morgan fingerprint density at radius 1 is 0.897 bits per heavy atom. The van der Waals surface area contributed by atoms with Gasteiger partial charge in [-0.3, -0.25) is 0 Å². The van der Waals surface area contributed by atoms with Gasteiger partial charge in [0.05, 0.1) is 23.4 Å². The van der Waals surface area contributed by atoms with Crippen LogP contribution >= 0.6 is 0 Å². The minimum absolute atomic E-state index is 0.128. The van der Waals surface area contributed by atoms with Gasteiger partial charge in [0.15, 0.2) is 5.88 Å². The van der Waals surface area contributed by atoms with Crippen LogP contribution in [0.15, 0.2) is 78.9 Å². The van der Waals surface area contributed by atoms with E-state index in [4.69, 9.17) is 9.72 Å². The Balaban J connectivity index is 1.67. The SMILES string of the molecule is CCOc1cccc(-c2ccc3[nH]c(O)c(-c4ccc5ccccc5n4)c3c2)c1. The lowest BCUT2D eigenvalue weighted by atomic mass is 10.0. The van der Waals surface area contributed by atoms with Gasteiger partial charge < -0.3 is 14.8 Å². The lowest BCUT2D eigenvalue weighted by molar-refractivity contribution is 0.340. The summed E-state index contributed by atoms with van der Waals surface area (Å²) in [5.41, 5.74) is 5.36. The van der Waals surface area contributed by atoms with Crippen molar-refractivity contribution in [1.29, 1.82) is 0 Å². The molecule has 4 nitrogen and oxygen atoms in total. The number of hydrogen-bond acceptors (Lipinski definition) is 3. The molecule has 0 aliphatic heterocycles. The van der Waals surface area contributed by atoms with Crippen LogP contribution in [0.5, 0.6) is 11.6 Å². The Morgan fingerprint density at radius 3 is 2.66 bits per heavy atom. The van der Waals surface area contributed by atoms with Crippen molar-refractivity contribution in [3.8, 4) is 34.0 Å². The summed E-state index contributed by atoms with van der Waals surface area (Å²) in [5.74, 6) is 0.974. The van der Waals surface area contributed by atoms with E-state index in [1.165, 1.54) is 0 Å². The highest BCUT2D eigenvalue weighted by Gasteiger charge is 2.15. The molecule has 0 spiro atoms. The average Bonchev–Trinajstić information content (AvgIpc) is 3.08. The third kappa shape index (κ3) is 3.09. The van der Waals surface area contributed by atoms with E-state index in [1.54, 1.807) is 0 Å². The fourth-order valence-corrected chi connectivity index (χ4v) is 3.75. The zero-order chi connectivity index (χ0) is 19.8. The van der Waals surface area contributed by atoms with E-state index < -0.39 is 0 Å². The smallest absolute Gasteiger partial charge is 0.199 e. The van der Waals surface area contributed by atoms with E-state index >= 15 is 0 Å². The molecule has 0 saturated heterocycles. The number of aromatic nitrogens is 2. The van der Waals surface area contributed by atoms with Crippen molar-refractivity contribution in [3.63, 3.8) is 0 Å². The number of H-pyrrole nitrogens is 1. The van der Waals surface area contributed by atoms with Crippen LogP contribution in [0.1, 0.15) is 6.92 Å². The van der Waals surface area contributed by atoms with Crippen LogP contribution in [-0.4, -0.2) is 21.7 Å². The molecule has 0 bridgehead atoms. The van der Waals surface area contributed by atoms with Crippen LogP contribution in [0, 0.1) is 0 Å². The number of para-hydroxylation sites is 1. The van der Waals surface area contributed by atoms with Gasteiger partial charge in [0.25, 0.3) is 0 Å². The number of ether oxygens (including phenoxy) is 1. The van der Waals surface area contributed by atoms with Gasteiger partial charge in [-0.2, -0.15) is 0 Å². The van der Waals surface area contributed by atoms with Crippen molar-refractivity contribution in [2.45, 2.75) is 6.92 Å². The fraction of sp³-hybridized carbons (Fsp3) is 0.0800. The largest absolute Gasteiger partial charge is 0.494 e. The molecule has 2 heterocycles. The summed E-state index contributed by atoms with van der Waals surface area (Å²) in [6.45, 7) is 2.61. The molecule has 0 saturated carbocycles. The first-order chi connectivity index (χ1) is 14.2. The van der Waals surface area contributed by atoms with E-state index in [0.29, 0.717) is 12.2 Å². The summed E-state index contributed by atoms with van der Waals surface area (Å²) in [4.78, 5) is 7.84. The maximum atomic E-state index is 10.6. The molecular weight excluding hydrogens is 360 g/mol. The van der Waals surface area contributed by atoms with E-state index in [-0.39, 0.29) is 5.88 Å². The third-order valence-electron chi connectivity index (χ3n) is 5.11. The predicted octanol–water partition coefficient (Wildman–Crippen LogP) is 6.15. The second-order valence-electron chi connectivity index (χ2n) is 6.96. The van der Waals surface area contributed by atoms with Crippen molar-refractivity contribution in [2.75, 3.05) is 6.61 Å². The van der Waals surface area contributed by atoms with Gasteiger partial charge >= 0.3 is 0 Å². The minimum Gasteiger partial charge on any atom is -0.494 e. The van der Waals surface area contributed by atoms with E-state index in [9.17, 15) is 5.11 Å². The number of nitrogens with zero attached hydrogens (tertiary/aromatic N) is 1. The maximum Gasteiger partial charge on any atom is 0.199 e. The van der Waals surface area contributed by atoms with Crippen LogP contribution in [0.2, 0.25) is 0 Å². The summed E-state index contributed by atoms with van der Waals surface area (Å²) < 4.78 is 5.64. The number of pyridine rings is 1. The first-order valence-electron chi connectivity index (χ1n) is 9.67. The van der Waals surface area contributed by atoms with Crippen molar-refractivity contribution >= 4 is 21.8 Å². The first kappa shape index (κ1) is 17.3. The molecule has 0 atom stereocenters. The summed E-state index contributed by atoms with van der Waals surface area (Å²) in [6.07, 6.45) is 0. The molecule has 29 heavy (non-hydrogen) atoms. The number of benzene rings is 3. The van der Waals surface area contributed by atoms with Crippen LogP contribution in [-0.2, 0) is 0 Å². The standard InChI is InChI=1S/C25H20N2O2/c1-2-29-19-8-5-7-17(14-19)18-11-12-22-20(15-18)24(25(28)27-22)23-13-10-16-6-3-4-9-21(16)26-23/h3-15,27-28H,2H2,1H3. The van der Waals surface area contributed by atoms with Crippen LogP contribution in [0.4, 0.5) is 0 Å². The van der Waals surface area contributed by atoms with Gasteiger partial charge in [-0.1, -0.05) is 42.5 Å². The highest BCUT2D eigenvalue weighted by molar-refractivity contribution is 6.01. The second-order valence-corrected chi connectivity index (χ2v) is 6.96. The Labute approximate surface area is 168 Å². The summed E-state index contributed by atoms with van der Waals surface area (Å²) in [7, 11) is 0. The molecule has 0 radical (unpaired) electrons. The van der Waals surface area contributed by atoms with Crippen molar-refractivity contribution < 1.29 is 9.84 Å². The minimum atomic E-state index is 0.128. The zero-order valence-electron chi connectivity index (χ0n) is 16.0. The molecule has 2 aromatic heterocycles. The zero-order valence-corrected chi connectivity index (χ0v) is 16.0. The van der Waals surface area contributed by atoms with Gasteiger partial charge in [0.1, 0.15) is 5.75 Å². The average molecular weight is 380 g/mol. The highest BCUT2D eigenvalue weighted by atomic mass is 16.5. The summed E-state index contributed by atoms with van der Waals surface area (Å²) >= 11 is 0. The summed E-state index contributed by atoms with van der Waals surface area (Å²) in [6, 6.07) is 26.1. The molecule has 5 aromatic rings. The van der Waals surface area contributed by atoms with Gasteiger partial charge in [0, 0.05) is 16.3 Å². The van der Waals surface area contributed by atoms with E-state index in [1.807, 2.05) is 73.7 Å². The summed E-state index contributed by atoms with van der Waals surface area (Å²) in [5, 5.41) is 12.6. The molecule has 5 rings (SSSR count). The number of hydrogen-bond donors (Lipinski definition) is 2. The first-order valence-corrected chi connectivity index (χ1v) is 9.67. The molecule has 0 aliphatic rings. The van der Waals surface area contributed by atoms with Gasteiger partial charge in [-0.05, 0) is 54.4 Å². The molecule has 2 N–H and O–H groups in total. The Bertz CT molecular complexity index is 1340. The van der Waals surface area contributed by atoms with Crippen molar-refractivity contribution in [3.05, 3.63) is 78.9 Å². The topological polar surface area (TPSA) is 58.1 Å². The van der Waals surface area contributed by atoms with Crippen molar-refractivity contribution in [1.82, 2.24) is 9.97 Å². The van der Waals surface area contributed by atoms with Crippen LogP contribution in [0.25, 0.3) is 44.2 Å². The lowest BCUT2D eigenvalue weighted by Crippen LogP contribution is -1.91. The maximum absolute atomic E-state index is 10.6. The van der Waals surface area contributed by atoms with Gasteiger partial charge in [-0.15, -0.1) is 0 Å². The highest BCUT2D eigenvalue weighted by Crippen LogP contribution is 2.38. The molecule has 0 aliphatic carbocycles. The quantitative estimate of drug-likeness (QED) is 0.393. The molecule has 0 unspecified atom stereocenters. The third-order valence-corrected chi connectivity index (χ3v) is 5.11.